The summed E-state index contributed by atoms with van der Waals surface area (Å²) in [6.07, 6.45) is 3.59. The Balaban J connectivity index is 1.78. The first kappa shape index (κ1) is 16.2. The zero-order valence-electron chi connectivity index (χ0n) is 13.6. The number of hydrogen-bond donors (Lipinski definition) is 2. The Morgan fingerprint density at radius 2 is 2.17 bits per heavy atom. The van der Waals surface area contributed by atoms with Crippen LogP contribution in [0, 0.1) is 0 Å². The van der Waals surface area contributed by atoms with Crippen LogP contribution < -0.4 is 10.6 Å². The maximum Gasteiger partial charge on any atom is 0.254 e. The fourth-order valence-corrected chi connectivity index (χ4v) is 2.89. The van der Waals surface area contributed by atoms with Gasteiger partial charge in [0.15, 0.2) is 0 Å². The third-order valence-corrected chi connectivity index (χ3v) is 4.16. The molecule has 2 heterocycles. The third-order valence-electron chi connectivity index (χ3n) is 4.16. The molecule has 0 unspecified atom stereocenters. The fourth-order valence-electron chi connectivity index (χ4n) is 2.89. The van der Waals surface area contributed by atoms with E-state index in [-0.39, 0.29) is 17.9 Å². The molecule has 0 bridgehead atoms. The maximum atomic E-state index is 12.9. The van der Waals surface area contributed by atoms with Crippen LogP contribution in [0.5, 0.6) is 0 Å². The van der Waals surface area contributed by atoms with E-state index in [0.717, 1.165) is 5.56 Å². The molecule has 3 rings (SSSR count). The summed E-state index contributed by atoms with van der Waals surface area (Å²) in [5.41, 5.74) is 1.58. The molecule has 24 heavy (non-hydrogen) atoms. The lowest BCUT2D eigenvalue weighted by Crippen LogP contribution is -2.58. The van der Waals surface area contributed by atoms with E-state index in [1.165, 1.54) is 0 Å². The van der Waals surface area contributed by atoms with Gasteiger partial charge in [-0.2, -0.15) is 5.10 Å². The number of nitrogens with zero attached hydrogens (tertiary/aromatic N) is 3. The summed E-state index contributed by atoms with van der Waals surface area (Å²) in [5.74, 6) is -0.148. The molecule has 126 valence electrons. The summed E-state index contributed by atoms with van der Waals surface area (Å²) < 4.78 is 1.79. The molecule has 1 atom stereocenters. The van der Waals surface area contributed by atoms with Gasteiger partial charge in [0.1, 0.15) is 6.04 Å². The molecule has 1 aromatic heterocycles. The molecule has 2 amide bonds. The molecule has 1 aliphatic heterocycles. The largest absolute Gasteiger partial charge is 0.358 e. The van der Waals surface area contributed by atoms with Crippen LogP contribution in [0.4, 0.5) is 0 Å². The predicted molar refractivity (Wildman–Crippen MR) is 89.5 cm³/mol. The van der Waals surface area contributed by atoms with Gasteiger partial charge >= 0.3 is 0 Å². The molecule has 7 nitrogen and oxygen atoms in total. The van der Waals surface area contributed by atoms with Gasteiger partial charge in [-0.3, -0.25) is 14.3 Å². The minimum absolute atomic E-state index is 0.0480. The van der Waals surface area contributed by atoms with Gasteiger partial charge in [0.05, 0.1) is 6.54 Å². The molecular weight excluding hydrogens is 306 g/mol. The molecule has 2 aromatic rings. The van der Waals surface area contributed by atoms with Crippen LogP contribution in [0.25, 0.3) is 0 Å². The van der Waals surface area contributed by atoms with Crippen molar-refractivity contribution in [2.24, 2.45) is 0 Å². The topological polar surface area (TPSA) is 79.3 Å². The van der Waals surface area contributed by atoms with Crippen LogP contribution >= 0.6 is 0 Å². The maximum absolute atomic E-state index is 12.9. The molecule has 1 saturated heterocycles. The summed E-state index contributed by atoms with van der Waals surface area (Å²) >= 11 is 0. The second-order valence-electron chi connectivity index (χ2n) is 5.73. The second-order valence-corrected chi connectivity index (χ2v) is 5.73. The minimum atomic E-state index is -0.369. The fraction of sp³-hybridized carbons (Fsp3) is 0.353. The average Bonchev–Trinajstić information content (AvgIpc) is 3.14. The van der Waals surface area contributed by atoms with E-state index in [2.05, 4.69) is 15.7 Å². The third kappa shape index (κ3) is 3.46. The Kier molecular flexibility index (Phi) is 4.90. The lowest BCUT2D eigenvalue weighted by atomic mass is 10.0. The minimum Gasteiger partial charge on any atom is -0.358 e. The molecule has 0 spiro atoms. The van der Waals surface area contributed by atoms with Crippen molar-refractivity contribution in [3.63, 3.8) is 0 Å². The number of amides is 2. The molecular formula is C17H21N5O2. The van der Waals surface area contributed by atoms with Gasteiger partial charge in [-0.25, -0.2) is 0 Å². The van der Waals surface area contributed by atoms with E-state index in [4.69, 9.17) is 0 Å². The van der Waals surface area contributed by atoms with Crippen LogP contribution in [0.3, 0.4) is 0 Å². The van der Waals surface area contributed by atoms with E-state index < -0.39 is 0 Å². The first-order chi connectivity index (χ1) is 11.7. The monoisotopic (exact) mass is 327 g/mol. The SMILES string of the molecule is CNC(=O)[C@H]1CN(C(=O)c2ccccc2Cn2cccn2)CCN1. The zero-order valence-corrected chi connectivity index (χ0v) is 13.6. The van der Waals surface area contributed by atoms with Crippen molar-refractivity contribution in [1.82, 2.24) is 25.3 Å². The Morgan fingerprint density at radius 1 is 1.33 bits per heavy atom. The Hall–Kier alpha value is -2.67. The summed E-state index contributed by atoms with van der Waals surface area (Å²) in [4.78, 5) is 26.5. The van der Waals surface area contributed by atoms with Crippen molar-refractivity contribution in [1.29, 1.82) is 0 Å². The number of nitrogens with one attached hydrogen (secondary N) is 2. The normalized spacial score (nSPS) is 17.5. The first-order valence-electron chi connectivity index (χ1n) is 7.98. The lowest BCUT2D eigenvalue weighted by molar-refractivity contribution is -0.123. The molecule has 0 radical (unpaired) electrons. The smallest absolute Gasteiger partial charge is 0.254 e. The van der Waals surface area contributed by atoms with Gasteiger partial charge in [-0.1, -0.05) is 18.2 Å². The highest BCUT2D eigenvalue weighted by molar-refractivity contribution is 5.96. The summed E-state index contributed by atoms with van der Waals surface area (Å²) in [5, 5.41) is 9.96. The van der Waals surface area contributed by atoms with Crippen LogP contribution in [0.1, 0.15) is 15.9 Å². The molecule has 0 saturated carbocycles. The Labute approximate surface area is 140 Å². The number of benzene rings is 1. The Bertz CT molecular complexity index is 714. The quantitative estimate of drug-likeness (QED) is 0.834. The van der Waals surface area contributed by atoms with Crippen LogP contribution in [-0.2, 0) is 11.3 Å². The van der Waals surface area contributed by atoms with E-state index in [1.807, 2.05) is 36.5 Å². The lowest BCUT2D eigenvalue weighted by Gasteiger charge is -2.33. The molecule has 0 aliphatic carbocycles. The van der Waals surface area contributed by atoms with Gasteiger partial charge in [0.2, 0.25) is 5.91 Å². The number of rotatable bonds is 4. The zero-order chi connectivity index (χ0) is 16.9. The van der Waals surface area contributed by atoms with Crippen molar-refractivity contribution in [2.45, 2.75) is 12.6 Å². The summed E-state index contributed by atoms with van der Waals surface area (Å²) in [7, 11) is 1.60. The highest BCUT2D eigenvalue weighted by Crippen LogP contribution is 2.15. The van der Waals surface area contributed by atoms with Crippen molar-refractivity contribution in [3.8, 4) is 0 Å². The number of carbonyl (C=O) groups is 2. The van der Waals surface area contributed by atoms with E-state index in [1.54, 1.807) is 22.8 Å². The number of carbonyl (C=O) groups excluding carboxylic acids is 2. The van der Waals surface area contributed by atoms with Gasteiger partial charge in [-0.15, -0.1) is 0 Å². The second kappa shape index (κ2) is 7.27. The van der Waals surface area contributed by atoms with Crippen LogP contribution in [-0.4, -0.2) is 59.2 Å². The van der Waals surface area contributed by atoms with Crippen molar-refractivity contribution in [3.05, 3.63) is 53.9 Å². The standard InChI is InChI=1S/C17H21N5O2/c1-18-16(23)15-12-21(10-8-19-15)17(24)14-6-3-2-5-13(14)11-22-9-4-7-20-22/h2-7,9,15,19H,8,10-12H2,1H3,(H,18,23)/t15-/m1/s1. The predicted octanol–water partition coefficient (Wildman–Crippen LogP) is 0.0914. The number of piperazine rings is 1. The first-order valence-corrected chi connectivity index (χ1v) is 7.98. The van der Waals surface area contributed by atoms with E-state index in [0.29, 0.717) is 31.7 Å². The van der Waals surface area contributed by atoms with Gasteiger partial charge in [0.25, 0.3) is 5.91 Å². The Morgan fingerprint density at radius 3 is 2.92 bits per heavy atom. The summed E-state index contributed by atoms with van der Waals surface area (Å²) in [6.45, 7) is 2.10. The molecule has 1 aromatic carbocycles. The van der Waals surface area contributed by atoms with Crippen LogP contribution in [0.15, 0.2) is 42.7 Å². The van der Waals surface area contributed by atoms with Gasteiger partial charge < -0.3 is 15.5 Å². The molecule has 1 fully saturated rings. The molecule has 7 heteroatoms. The average molecular weight is 327 g/mol. The number of aromatic nitrogens is 2. The molecule has 2 N–H and O–H groups in total. The highest BCUT2D eigenvalue weighted by Gasteiger charge is 2.28. The number of hydrogen-bond acceptors (Lipinski definition) is 4. The van der Waals surface area contributed by atoms with Crippen molar-refractivity contribution >= 4 is 11.8 Å². The molecule has 1 aliphatic rings. The number of likely N-dealkylation sites (N-methyl/N-ethyl adjacent to an activating group) is 1. The van der Waals surface area contributed by atoms with Crippen molar-refractivity contribution < 1.29 is 9.59 Å². The van der Waals surface area contributed by atoms with Gasteiger partial charge in [0, 0.05) is 44.6 Å². The van der Waals surface area contributed by atoms with Crippen LogP contribution in [0.2, 0.25) is 0 Å². The van der Waals surface area contributed by atoms with E-state index in [9.17, 15) is 9.59 Å². The van der Waals surface area contributed by atoms with E-state index >= 15 is 0 Å². The van der Waals surface area contributed by atoms with Crippen molar-refractivity contribution in [2.75, 3.05) is 26.7 Å². The highest BCUT2D eigenvalue weighted by atomic mass is 16.2. The summed E-state index contributed by atoms with van der Waals surface area (Å²) in [6, 6.07) is 9.03. The van der Waals surface area contributed by atoms with Gasteiger partial charge in [-0.05, 0) is 17.7 Å².